The van der Waals surface area contributed by atoms with Crippen LogP contribution in [-0.2, 0) is 13.0 Å². The fourth-order valence-electron chi connectivity index (χ4n) is 4.21. The molecule has 0 bridgehead atoms. The van der Waals surface area contributed by atoms with Gasteiger partial charge in [-0.3, -0.25) is 4.90 Å². The minimum atomic E-state index is 0.515. The van der Waals surface area contributed by atoms with E-state index >= 15 is 0 Å². The highest BCUT2D eigenvalue weighted by atomic mass is 15.2. The average molecular weight is 318 g/mol. The first-order chi connectivity index (χ1) is 11.9. The Morgan fingerprint density at radius 1 is 1.00 bits per heavy atom. The van der Waals surface area contributed by atoms with Gasteiger partial charge in [-0.1, -0.05) is 61.9 Å². The molecule has 1 aliphatic heterocycles. The van der Waals surface area contributed by atoms with E-state index in [1.54, 1.807) is 0 Å². The van der Waals surface area contributed by atoms with E-state index in [4.69, 9.17) is 0 Å². The highest BCUT2D eigenvalue weighted by molar-refractivity contribution is 5.84. The van der Waals surface area contributed by atoms with Crippen LogP contribution in [0.4, 0.5) is 0 Å². The van der Waals surface area contributed by atoms with Gasteiger partial charge < -0.3 is 4.98 Å². The Labute approximate surface area is 144 Å². The molecule has 124 valence electrons. The normalized spacial score (nSPS) is 19.0. The van der Waals surface area contributed by atoms with E-state index in [2.05, 4.69) is 71.4 Å². The number of rotatable bonds is 4. The molecule has 2 nitrogen and oxygen atoms in total. The number of aromatic amines is 1. The van der Waals surface area contributed by atoms with Crippen molar-refractivity contribution in [2.75, 3.05) is 6.54 Å². The summed E-state index contributed by atoms with van der Waals surface area (Å²) in [7, 11) is 0. The molecule has 0 amide bonds. The first kappa shape index (κ1) is 15.5. The topological polar surface area (TPSA) is 19.0 Å². The van der Waals surface area contributed by atoms with Gasteiger partial charge in [-0.15, -0.1) is 0 Å². The van der Waals surface area contributed by atoms with Crippen LogP contribution in [0.15, 0.2) is 54.6 Å². The van der Waals surface area contributed by atoms with Gasteiger partial charge in [0.2, 0.25) is 0 Å². The number of fused-ring (bicyclic) bond motifs is 1. The molecule has 1 unspecified atom stereocenters. The van der Waals surface area contributed by atoms with Crippen molar-refractivity contribution in [3.63, 3.8) is 0 Å². The molecule has 1 fully saturated rings. The third-order valence-corrected chi connectivity index (χ3v) is 5.38. The van der Waals surface area contributed by atoms with E-state index in [0.29, 0.717) is 6.04 Å². The Morgan fingerprint density at radius 2 is 1.79 bits per heavy atom. The van der Waals surface area contributed by atoms with Gasteiger partial charge in [-0.05, 0) is 43.0 Å². The van der Waals surface area contributed by atoms with Crippen molar-refractivity contribution in [2.24, 2.45) is 0 Å². The molecule has 3 aromatic rings. The molecule has 1 atom stereocenters. The van der Waals surface area contributed by atoms with E-state index in [1.165, 1.54) is 53.5 Å². The first-order valence-electron chi connectivity index (χ1n) is 9.24. The standard InChI is InChI=1S/C22H26N2/c1-2-18-19-12-6-7-13-20(19)23-22(18)21-14-8-9-15-24(21)16-17-10-4-3-5-11-17/h3-7,10-13,21,23H,2,8-9,14-16H2,1H3. The Bertz CT molecular complexity index is 803. The van der Waals surface area contributed by atoms with E-state index in [0.717, 1.165) is 13.0 Å². The van der Waals surface area contributed by atoms with Crippen molar-refractivity contribution >= 4 is 10.9 Å². The molecule has 0 spiro atoms. The second-order valence-corrected chi connectivity index (χ2v) is 6.88. The highest BCUT2D eigenvalue weighted by Crippen LogP contribution is 2.36. The smallest absolute Gasteiger partial charge is 0.0505 e. The van der Waals surface area contributed by atoms with Crippen molar-refractivity contribution in [2.45, 2.75) is 45.2 Å². The molecule has 1 N–H and O–H groups in total. The summed E-state index contributed by atoms with van der Waals surface area (Å²) >= 11 is 0. The predicted octanol–water partition coefficient (Wildman–Crippen LogP) is 5.46. The number of hydrogen-bond acceptors (Lipinski definition) is 1. The Hall–Kier alpha value is -2.06. The zero-order valence-electron chi connectivity index (χ0n) is 14.5. The minimum absolute atomic E-state index is 0.515. The zero-order chi connectivity index (χ0) is 16.4. The summed E-state index contributed by atoms with van der Waals surface area (Å²) < 4.78 is 0. The van der Waals surface area contributed by atoms with Gasteiger partial charge in [0, 0.05) is 23.1 Å². The summed E-state index contributed by atoms with van der Waals surface area (Å²) in [5.74, 6) is 0. The number of piperidine rings is 1. The lowest BCUT2D eigenvalue weighted by Crippen LogP contribution is -2.33. The maximum Gasteiger partial charge on any atom is 0.0505 e. The van der Waals surface area contributed by atoms with Gasteiger partial charge in [-0.2, -0.15) is 0 Å². The largest absolute Gasteiger partial charge is 0.357 e. The lowest BCUT2D eigenvalue weighted by atomic mass is 9.94. The van der Waals surface area contributed by atoms with E-state index in [-0.39, 0.29) is 0 Å². The van der Waals surface area contributed by atoms with Crippen molar-refractivity contribution < 1.29 is 0 Å². The van der Waals surface area contributed by atoms with E-state index < -0.39 is 0 Å². The maximum absolute atomic E-state index is 3.76. The Balaban J connectivity index is 1.70. The maximum atomic E-state index is 3.76. The van der Waals surface area contributed by atoms with Crippen LogP contribution >= 0.6 is 0 Å². The fourth-order valence-corrected chi connectivity index (χ4v) is 4.21. The molecule has 24 heavy (non-hydrogen) atoms. The van der Waals surface area contributed by atoms with E-state index in [1.807, 2.05) is 0 Å². The second-order valence-electron chi connectivity index (χ2n) is 6.88. The van der Waals surface area contributed by atoms with Gasteiger partial charge >= 0.3 is 0 Å². The van der Waals surface area contributed by atoms with Crippen LogP contribution < -0.4 is 0 Å². The van der Waals surface area contributed by atoms with E-state index in [9.17, 15) is 0 Å². The van der Waals surface area contributed by atoms with Crippen molar-refractivity contribution in [3.05, 3.63) is 71.4 Å². The minimum Gasteiger partial charge on any atom is -0.357 e. The number of benzene rings is 2. The van der Waals surface area contributed by atoms with Gasteiger partial charge in [-0.25, -0.2) is 0 Å². The molecule has 1 saturated heterocycles. The van der Waals surface area contributed by atoms with Crippen LogP contribution in [0, 0.1) is 0 Å². The zero-order valence-corrected chi connectivity index (χ0v) is 14.5. The monoisotopic (exact) mass is 318 g/mol. The van der Waals surface area contributed by atoms with Crippen LogP contribution in [0.25, 0.3) is 10.9 Å². The number of nitrogens with one attached hydrogen (secondary N) is 1. The van der Waals surface area contributed by atoms with Crippen LogP contribution in [0.1, 0.15) is 49.0 Å². The number of aromatic nitrogens is 1. The van der Waals surface area contributed by atoms with Crippen molar-refractivity contribution in [3.8, 4) is 0 Å². The fraction of sp³-hybridized carbons (Fsp3) is 0.364. The summed E-state index contributed by atoms with van der Waals surface area (Å²) in [5.41, 5.74) is 5.66. The van der Waals surface area contributed by atoms with Gasteiger partial charge in [0.15, 0.2) is 0 Å². The summed E-state index contributed by atoms with van der Waals surface area (Å²) in [4.78, 5) is 6.43. The number of nitrogens with zero attached hydrogens (tertiary/aromatic N) is 1. The van der Waals surface area contributed by atoms with Crippen LogP contribution in [0.3, 0.4) is 0 Å². The number of aryl methyl sites for hydroxylation is 1. The third kappa shape index (κ3) is 2.87. The number of likely N-dealkylation sites (tertiary alicyclic amines) is 1. The summed E-state index contributed by atoms with van der Waals surface area (Å²) in [5, 5.41) is 1.40. The number of para-hydroxylation sites is 1. The summed E-state index contributed by atoms with van der Waals surface area (Å²) in [6.07, 6.45) is 4.99. The van der Waals surface area contributed by atoms with Crippen LogP contribution in [0.2, 0.25) is 0 Å². The molecule has 2 heteroatoms. The van der Waals surface area contributed by atoms with Crippen molar-refractivity contribution in [1.29, 1.82) is 0 Å². The Kier molecular flexibility index (Phi) is 4.40. The third-order valence-electron chi connectivity index (χ3n) is 5.38. The molecule has 2 heterocycles. The summed E-state index contributed by atoms with van der Waals surface area (Å²) in [6, 6.07) is 20.2. The lowest BCUT2D eigenvalue weighted by molar-refractivity contribution is 0.137. The molecular weight excluding hydrogens is 292 g/mol. The molecule has 1 aromatic heterocycles. The predicted molar refractivity (Wildman–Crippen MR) is 101 cm³/mol. The average Bonchev–Trinajstić information content (AvgIpc) is 3.01. The van der Waals surface area contributed by atoms with Gasteiger partial charge in [0.25, 0.3) is 0 Å². The number of hydrogen-bond donors (Lipinski definition) is 1. The number of H-pyrrole nitrogens is 1. The first-order valence-corrected chi connectivity index (χ1v) is 9.24. The quantitative estimate of drug-likeness (QED) is 0.677. The molecule has 0 saturated carbocycles. The molecule has 0 aliphatic carbocycles. The SMILES string of the molecule is CCc1c(C2CCCCN2Cc2ccccc2)[nH]c2ccccc12. The lowest BCUT2D eigenvalue weighted by Gasteiger charge is -2.36. The molecular formula is C22H26N2. The molecule has 0 radical (unpaired) electrons. The van der Waals surface area contributed by atoms with Crippen LogP contribution in [0.5, 0.6) is 0 Å². The van der Waals surface area contributed by atoms with Crippen LogP contribution in [-0.4, -0.2) is 16.4 Å². The molecule has 4 rings (SSSR count). The Morgan fingerprint density at radius 3 is 2.62 bits per heavy atom. The van der Waals surface area contributed by atoms with Crippen molar-refractivity contribution in [1.82, 2.24) is 9.88 Å². The molecule has 2 aromatic carbocycles. The second kappa shape index (κ2) is 6.82. The van der Waals surface area contributed by atoms with Gasteiger partial charge in [0.05, 0.1) is 6.04 Å². The van der Waals surface area contributed by atoms with Gasteiger partial charge in [0.1, 0.15) is 0 Å². The summed E-state index contributed by atoms with van der Waals surface area (Å²) in [6.45, 7) is 4.52. The molecule has 1 aliphatic rings. The highest BCUT2D eigenvalue weighted by Gasteiger charge is 2.27.